The van der Waals surface area contributed by atoms with E-state index in [1.807, 2.05) is 0 Å². The standard InChI is InChI=1S/C12H23BO3/c1-10(2)7-13(16-12(10,5)6)9-14-8-11(3,4)15-9/h9H,7-8H2,1-6H3. The summed E-state index contributed by atoms with van der Waals surface area (Å²) in [6.07, 6.45) is 0.789. The molecule has 2 saturated heterocycles. The van der Waals surface area contributed by atoms with Gasteiger partial charge >= 0.3 is 6.92 Å². The van der Waals surface area contributed by atoms with Crippen LogP contribution in [-0.4, -0.2) is 30.9 Å². The Hall–Kier alpha value is -0.0551. The maximum atomic E-state index is 6.09. The number of hydrogen-bond acceptors (Lipinski definition) is 3. The molecule has 2 rings (SSSR count). The lowest BCUT2D eigenvalue weighted by molar-refractivity contribution is -0.0447. The molecule has 0 radical (unpaired) electrons. The lowest BCUT2D eigenvalue weighted by Gasteiger charge is -2.34. The molecule has 0 saturated carbocycles. The van der Waals surface area contributed by atoms with Crippen molar-refractivity contribution in [2.45, 2.75) is 65.3 Å². The summed E-state index contributed by atoms with van der Waals surface area (Å²) >= 11 is 0. The number of hydrogen-bond donors (Lipinski definition) is 0. The Balaban J connectivity index is 2.05. The Labute approximate surface area is 98.9 Å². The van der Waals surface area contributed by atoms with Crippen LogP contribution in [0.3, 0.4) is 0 Å². The number of rotatable bonds is 1. The first kappa shape index (κ1) is 12.4. The molecule has 0 aromatic carbocycles. The van der Waals surface area contributed by atoms with Crippen LogP contribution < -0.4 is 0 Å². The molecule has 2 fully saturated rings. The van der Waals surface area contributed by atoms with Gasteiger partial charge in [0.1, 0.15) is 0 Å². The summed E-state index contributed by atoms with van der Waals surface area (Å²) in [4.78, 5) is 0. The van der Waals surface area contributed by atoms with E-state index < -0.39 is 0 Å². The zero-order valence-corrected chi connectivity index (χ0v) is 11.3. The SMILES string of the molecule is CC1(C)COC(B2CC(C)(C)C(C)(C)O2)O1. The third kappa shape index (κ3) is 2.03. The van der Waals surface area contributed by atoms with Crippen molar-refractivity contribution in [3.05, 3.63) is 0 Å². The van der Waals surface area contributed by atoms with Gasteiger partial charge < -0.3 is 14.1 Å². The minimum absolute atomic E-state index is 0.0618. The molecule has 2 heterocycles. The highest BCUT2D eigenvalue weighted by atomic mass is 16.7. The van der Waals surface area contributed by atoms with Crippen molar-refractivity contribution in [3.8, 4) is 0 Å². The Morgan fingerprint density at radius 1 is 1.06 bits per heavy atom. The van der Waals surface area contributed by atoms with Gasteiger partial charge in [0.15, 0.2) is 6.19 Å². The Kier molecular flexibility index (Phi) is 2.69. The highest BCUT2D eigenvalue weighted by molar-refractivity contribution is 6.54. The molecule has 0 aromatic heterocycles. The van der Waals surface area contributed by atoms with E-state index in [9.17, 15) is 0 Å². The summed E-state index contributed by atoms with van der Waals surface area (Å²) in [5, 5.41) is 0. The second kappa shape index (κ2) is 3.47. The number of ether oxygens (including phenoxy) is 2. The summed E-state index contributed by atoms with van der Waals surface area (Å²) < 4.78 is 17.7. The first-order chi connectivity index (χ1) is 7.13. The Morgan fingerprint density at radius 3 is 2.06 bits per heavy atom. The van der Waals surface area contributed by atoms with E-state index in [0.29, 0.717) is 6.61 Å². The molecule has 2 aliphatic rings. The predicted molar refractivity (Wildman–Crippen MR) is 64.4 cm³/mol. The lowest BCUT2D eigenvalue weighted by atomic mass is 9.58. The monoisotopic (exact) mass is 226 g/mol. The normalized spacial score (nSPS) is 35.6. The molecule has 0 amide bonds. The van der Waals surface area contributed by atoms with Crippen LogP contribution in [0.4, 0.5) is 0 Å². The van der Waals surface area contributed by atoms with E-state index in [1.165, 1.54) is 0 Å². The minimum Gasteiger partial charge on any atom is -0.425 e. The van der Waals surface area contributed by atoms with E-state index >= 15 is 0 Å². The topological polar surface area (TPSA) is 27.7 Å². The molecule has 2 aliphatic heterocycles. The van der Waals surface area contributed by atoms with Gasteiger partial charge in [-0.3, -0.25) is 0 Å². The van der Waals surface area contributed by atoms with Crippen molar-refractivity contribution >= 4 is 6.92 Å². The molecule has 0 N–H and O–H groups in total. The van der Waals surface area contributed by atoms with E-state index in [4.69, 9.17) is 14.1 Å². The summed E-state index contributed by atoms with van der Waals surface area (Å²) in [6.45, 7) is 13.6. The molecule has 92 valence electrons. The molecule has 3 nitrogen and oxygen atoms in total. The van der Waals surface area contributed by atoms with Crippen molar-refractivity contribution in [2.24, 2.45) is 5.41 Å². The summed E-state index contributed by atoms with van der Waals surface area (Å²) in [5.41, 5.74) is -0.126. The van der Waals surface area contributed by atoms with Crippen molar-refractivity contribution in [1.29, 1.82) is 0 Å². The van der Waals surface area contributed by atoms with Crippen LogP contribution in [0.1, 0.15) is 41.5 Å². The van der Waals surface area contributed by atoms with Gasteiger partial charge in [-0.15, -0.1) is 0 Å². The zero-order valence-electron chi connectivity index (χ0n) is 11.3. The maximum Gasteiger partial charge on any atom is 0.356 e. The average molecular weight is 226 g/mol. The van der Waals surface area contributed by atoms with Crippen LogP contribution >= 0.6 is 0 Å². The van der Waals surface area contributed by atoms with E-state index in [1.54, 1.807) is 0 Å². The van der Waals surface area contributed by atoms with E-state index in [0.717, 1.165) is 6.32 Å². The Bertz CT molecular complexity index is 270. The van der Waals surface area contributed by atoms with Crippen LogP contribution in [-0.2, 0) is 14.1 Å². The van der Waals surface area contributed by atoms with E-state index in [2.05, 4.69) is 41.5 Å². The highest BCUT2D eigenvalue weighted by Gasteiger charge is 2.55. The second-order valence-corrected chi connectivity index (χ2v) is 6.81. The molecule has 4 heteroatoms. The van der Waals surface area contributed by atoms with Gasteiger partial charge in [-0.1, -0.05) is 13.8 Å². The van der Waals surface area contributed by atoms with Crippen molar-refractivity contribution in [3.63, 3.8) is 0 Å². The Morgan fingerprint density at radius 2 is 1.69 bits per heavy atom. The maximum absolute atomic E-state index is 6.09. The first-order valence-corrected chi connectivity index (χ1v) is 6.10. The van der Waals surface area contributed by atoms with Gasteiger partial charge in [0, 0.05) is 0 Å². The van der Waals surface area contributed by atoms with Crippen LogP contribution in [0.5, 0.6) is 0 Å². The fourth-order valence-electron chi connectivity index (χ4n) is 2.33. The van der Waals surface area contributed by atoms with Gasteiger partial charge in [0.05, 0.1) is 17.8 Å². The lowest BCUT2D eigenvalue weighted by Crippen LogP contribution is -2.37. The third-order valence-electron chi connectivity index (χ3n) is 4.12. The fraction of sp³-hybridized carbons (Fsp3) is 1.00. The highest BCUT2D eigenvalue weighted by Crippen LogP contribution is 2.47. The molecule has 0 spiro atoms. The van der Waals surface area contributed by atoms with Crippen LogP contribution in [0.25, 0.3) is 0 Å². The van der Waals surface area contributed by atoms with Crippen molar-refractivity contribution in [1.82, 2.24) is 0 Å². The predicted octanol–water partition coefficient (Wildman–Crippen LogP) is 2.50. The summed E-state index contributed by atoms with van der Waals surface area (Å²) in [5.74, 6) is 0. The summed E-state index contributed by atoms with van der Waals surface area (Å²) in [6, 6.07) is 0. The van der Waals surface area contributed by atoms with E-state index in [-0.39, 0.29) is 29.7 Å². The van der Waals surface area contributed by atoms with Gasteiger partial charge in [0.25, 0.3) is 0 Å². The molecule has 0 aliphatic carbocycles. The van der Waals surface area contributed by atoms with Crippen LogP contribution in [0, 0.1) is 5.41 Å². The van der Waals surface area contributed by atoms with Crippen LogP contribution in [0.15, 0.2) is 0 Å². The van der Waals surface area contributed by atoms with Gasteiger partial charge in [0.2, 0.25) is 0 Å². The third-order valence-corrected chi connectivity index (χ3v) is 4.12. The second-order valence-electron chi connectivity index (χ2n) is 6.81. The van der Waals surface area contributed by atoms with Gasteiger partial charge in [-0.25, -0.2) is 0 Å². The minimum atomic E-state index is -0.198. The first-order valence-electron chi connectivity index (χ1n) is 6.10. The molecule has 1 atom stereocenters. The van der Waals surface area contributed by atoms with Crippen LogP contribution in [0.2, 0.25) is 6.32 Å². The zero-order chi connectivity index (χ0) is 12.2. The van der Waals surface area contributed by atoms with Crippen molar-refractivity contribution < 1.29 is 14.1 Å². The fourth-order valence-corrected chi connectivity index (χ4v) is 2.33. The molecular weight excluding hydrogens is 203 g/mol. The molecule has 16 heavy (non-hydrogen) atoms. The quantitative estimate of drug-likeness (QED) is 0.643. The molecular formula is C12H23BO3. The average Bonchev–Trinajstić information content (AvgIpc) is 2.52. The smallest absolute Gasteiger partial charge is 0.356 e. The van der Waals surface area contributed by atoms with Gasteiger partial charge in [-0.2, -0.15) is 0 Å². The largest absolute Gasteiger partial charge is 0.425 e. The van der Waals surface area contributed by atoms with Gasteiger partial charge in [-0.05, 0) is 39.4 Å². The molecule has 1 unspecified atom stereocenters. The molecule has 0 bridgehead atoms. The summed E-state index contributed by atoms with van der Waals surface area (Å²) in [7, 11) is 0. The van der Waals surface area contributed by atoms with Crippen molar-refractivity contribution in [2.75, 3.05) is 6.61 Å². The molecule has 0 aromatic rings.